The van der Waals surface area contributed by atoms with Crippen molar-refractivity contribution in [3.63, 3.8) is 0 Å². The molecule has 164 valence electrons. The van der Waals surface area contributed by atoms with Crippen molar-refractivity contribution in [1.82, 2.24) is 30.0 Å². The molecule has 4 aromatic heterocycles. The Labute approximate surface area is 189 Å². The van der Waals surface area contributed by atoms with Crippen molar-refractivity contribution in [1.29, 1.82) is 0 Å². The van der Waals surface area contributed by atoms with Crippen LogP contribution in [-0.4, -0.2) is 44.8 Å². The number of rotatable bonds is 5. The van der Waals surface area contributed by atoms with E-state index in [2.05, 4.69) is 31.7 Å². The fraction of sp³-hybridized carbons (Fsp3) is 0.348. The summed E-state index contributed by atoms with van der Waals surface area (Å²) in [5, 5.41) is 6.90. The average Bonchev–Trinajstić information content (AvgIpc) is 3.44. The molecule has 5 rings (SSSR count). The predicted octanol–water partition coefficient (Wildman–Crippen LogP) is 3.40. The number of hydrogen-bond acceptors (Lipinski definition) is 6. The van der Waals surface area contributed by atoms with Crippen molar-refractivity contribution >= 4 is 39.1 Å². The molecule has 1 saturated carbocycles. The molecule has 0 aromatic carbocycles. The summed E-state index contributed by atoms with van der Waals surface area (Å²) in [6.45, 7) is 0.626. The molecule has 2 N–H and O–H groups in total. The van der Waals surface area contributed by atoms with Crippen LogP contribution in [0.3, 0.4) is 0 Å². The Hall–Kier alpha value is -3.33. The van der Waals surface area contributed by atoms with Gasteiger partial charge in [-0.05, 0) is 55.2 Å². The minimum atomic E-state index is -0.172. The minimum Gasteiger partial charge on any atom is -0.354 e. The zero-order valence-electron chi connectivity index (χ0n) is 17.7. The molecule has 0 aliphatic heterocycles. The van der Waals surface area contributed by atoms with Gasteiger partial charge in [-0.15, -0.1) is 11.3 Å². The largest absolute Gasteiger partial charge is 0.354 e. The maximum Gasteiger partial charge on any atom is 0.271 e. The number of fused-ring (bicyclic) bond motifs is 2. The summed E-state index contributed by atoms with van der Waals surface area (Å²) in [7, 11) is 1.67. The lowest BCUT2D eigenvalue weighted by Crippen LogP contribution is -2.31. The van der Waals surface area contributed by atoms with E-state index in [0.717, 1.165) is 46.3 Å². The van der Waals surface area contributed by atoms with Crippen molar-refractivity contribution in [2.45, 2.75) is 31.6 Å². The molecule has 1 aliphatic carbocycles. The van der Waals surface area contributed by atoms with Crippen LogP contribution in [0.4, 0.5) is 0 Å². The number of nitrogens with zero attached hydrogens (tertiary/aromatic N) is 4. The molecule has 0 unspecified atom stereocenters. The molecule has 2 amide bonds. The topological polar surface area (TPSA) is 101 Å². The fourth-order valence-corrected chi connectivity index (χ4v) is 5.74. The van der Waals surface area contributed by atoms with Crippen LogP contribution in [0.15, 0.2) is 43.0 Å². The Balaban J connectivity index is 1.24. The van der Waals surface area contributed by atoms with Crippen molar-refractivity contribution in [2.24, 2.45) is 5.92 Å². The molecule has 4 heterocycles. The standard InChI is InChI=1S/C23H24N6O2S/c1-24-21(31)19-18(16-4-2-9-25-22(16)32-19)15-7-5-14(6-8-15)12-27-20(30)17-13-29-11-3-10-26-23(29)28-17/h2-4,9-11,13-15H,5-8,12H2,1H3,(H,24,31)(H,27,30). The Morgan fingerprint density at radius 1 is 1.12 bits per heavy atom. The highest BCUT2D eigenvalue weighted by atomic mass is 32.1. The molecule has 0 spiro atoms. The maximum atomic E-state index is 12.5. The van der Waals surface area contributed by atoms with Crippen molar-refractivity contribution in [2.75, 3.05) is 13.6 Å². The summed E-state index contributed by atoms with van der Waals surface area (Å²) in [6, 6.07) is 5.80. The number of hydrogen-bond donors (Lipinski definition) is 2. The number of thiophene rings is 1. The first-order chi connectivity index (χ1) is 15.6. The molecular weight excluding hydrogens is 424 g/mol. The summed E-state index contributed by atoms with van der Waals surface area (Å²) >= 11 is 1.47. The zero-order valence-corrected chi connectivity index (χ0v) is 18.6. The van der Waals surface area contributed by atoms with Gasteiger partial charge in [-0.2, -0.15) is 0 Å². The van der Waals surface area contributed by atoms with Crippen LogP contribution < -0.4 is 10.6 Å². The Bertz CT molecular complexity index is 1260. The highest BCUT2D eigenvalue weighted by Crippen LogP contribution is 2.43. The quantitative estimate of drug-likeness (QED) is 0.487. The first-order valence-corrected chi connectivity index (χ1v) is 11.6. The molecule has 0 radical (unpaired) electrons. The second kappa shape index (κ2) is 8.66. The SMILES string of the molecule is CNC(=O)c1sc2ncccc2c1C1CCC(CNC(=O)c2cn3cccnc3n2)CC1. The summed E-state index contributed by atoms with van der Waals surface area (Å²) in [6.07, 6.45) is 10.9. The maximum absolute atomic E-state index is 12.5. The minimum absolute atomic E-state index is 0.0423. The highest BCUT2D eigenvalue weighted by Gasteiger charge is 2.29. The third-order valence-electron chi connectivity index (χ3n) is 6.21. The summed E-state index contributed by atoms with van der Waals surface area (Å²) in [5.74, 6) is 1.05. The van der Waals surface area contributed by atoms with Crippen molar-refractivity contribution < 1.29 is 9.59 Å². The molecule has 9 heteroatoms. The lowest BCUT2D eigenvalue weighted by Gasteiger charge is -2.29. The van der Waals surface area contributed by atoms with Gasteiger partial charge >= 0.3 is 0 Å². The van der Waals surface area contributed by atoms with Gasteiger partial charge in [-0.3, -0.25) is 14.0 Å². The van der Waals surface area contributed by atoms with Gasteiger partial charge in [-0.1, -0.05) is 6.07 Å². The summed E-state index contributed by atoms with van der Waals surface area (Å²) in [5.41, 5.74) is 1.52. The number of nitrogens with one attached hydrogen (secondary N) is 2. The van der Waals surface area contributed by atoms with E-state index < -0.39 is 0 Å². The summed E-state index contributed by atoms with van der Waals surface area (Å²) in [4.78, 5) is 39.6. The first-order valence-electron chi connectivity index (χ1n) is 10.8. The van der Waals surface area contributed by atoms with Gasteiger partial charge in [0.25, 0.3) is 11.8 Å². The third-order valence-corrected chi connectivity index (χ3v) is 7.34. The van der Waals surface area contributed by atoms with Crippen LogP contribution in [0.1, 0.15) is 57.3 Å². The van der Waals surface area contributed by atoms with Gasteiger partial charge < -0.3 is 10.6 Å². The van der Waals surface area contributed by atoms with E-state index in [4.69, 9.17) is 0 Å². The number of imidazole rings is 1. The van der Waals surface area contributed by atoms with Crippen molar-refractivity contribution in [3.05, 3.63) is 59.1 Å². The average molecular weight is 449 g/mol. The molecule has 1 fully saturated rings. The van der Waals surface area contributed by atoms with Crippen molar-refractivity contribution in [3.8, 4) is 0 Å². The van der Waals surface area contributed by atoms with E-state index in [0.29, 0.717) is 29.9 Å². The Morgan fingerprint density at radius 2 is 1.94 bits per heavy atom. The van der Waals surface area contributed by atoms with Gasteiger partial charge in [0, 0.05) is 43.8 Å². The predicted molar refractivity (Wildman–Crippen MR) is 123 cm³/mol. The zero-order chi connectivity index (χ0) is 22.1. The van der Waals surface area contributed by atoms with Gasteiger partial charge in [0.1, 0.15) is 10.5 Å². The lowest BCUT2D eigenvalue weighted by atomic mass is 9.78. The van der Waals surface area contributed by atoms with Crippen LogP contribution in [0.25, 0.3) is 16.0 Å². The van der Waals surface area contributed by atoms with Crippen LogP contribution in [0, 0.1) is 5.92 Å². The second-order valence-corrected chi connectivity index (χ2v) is 9.16. The number of carbonyl (C=O) groups is 2. The van der Waals surface area contributed by atoms with Crippen LogP contribution in [-0.2, 0) is 0 Å². The second-order valence-electron chi connectivity index (χ2n) is 8.16. The Kier molecular flexibility index (Phi) is 5.57. The molecule has 1 aliphatic rings. The molecule has 0 bridgehead atoms. The van der Waals surface area contributed by atoms with E-state index in [1.165, 1.54) is 11.3 Å². The van der Waals surface area contributed by atoms with Gasteiger partial charge in [0.2, 0.25) is 5.78 Å². The monoisotopic (exact) mass is 448 g/mol. The Morgan fingerprint density at radius 3 is 2.72 bits per heavy atom. The van der Waals surface area contributed by atoms with Gasteiger partial charge in [0.05, 0.1) is 4.88 Å². The van der Waals surface area contributed by atoms with E-state index in [9.17, 15) is 9.59 Å². The van der Waals surface area contributed by atoms with E-state index in [1.807, 2.05) is 12.3 Å². The molecule has 0 atom stereocenters. The van der Waals surface area contributed by atoms with E-state index in [1.54, 1.807) is 36.1 Å². The van der Waals surface area contributed by atoms with Gasteiger partial charge in [-0.25, -0.2) is 15.0 Å². The molecule has 4 aromatic rings. The highest BCUT2D eigenvalue weighted by molar-refractivity contribution is 7.20. The number of aromatic nitrogens is 4. The fourth-order valence-electron chi connectivity index (χ4n) is 4.56. The molecular formula is C23H24N6O2S. The number of amides is 2. The van der Waals surface area contributed by atoms with Crippen LogP contribution in [0.2, 0.25) is 0 Å². The first kappa shape index (κ1) is 20.6. The van der Waals surface area contributed by atoms with E-state index >= 15 is 0 Å². The smallest absolute Gasteiger partial charge is 0.271 e. The normalized spacial score (nSPS) is 18.7. The van der Waals surface area contributed by atoms with Crippen LogP contribution in [0.5, 0.6) is 0 Å². The molecule has 0 saturated heterocycles. The number of carbonyl (C=O) groups excluding carboxylic acids is 2. The molecule has 32 heavy (non-hydrogen) atoms. The van der Waals surface area contributed by atoms with Gasteiger partial charge in [0.15, 0.2) is 0 Å². The molecule has 8 nitrogen and oxygen atoms in total. The van der Waals surface area contributed by atoms with Crippen LogP contribution >= 0.6 is 11.3 Å². The number of pyridine rings is 1. The third kappa shape index (κ3) is 3.84. The lowest BCUT2D eigenvalue weighted by molar-refractivity contribution is 0.0935. The van der Waals surface area contributed by atoms with E-state index in [-0.39, 0.29) is 11.8 Å². The summed E-state index contributed by atoms with van der Waals surface area (Å²) < 4.78 is 1.74.